The molecule has 1 rings (SSSR count). The highest BCUT2D eigenvalue weighted by atomic mass is 16.6. The average molecular weight is 183 g/mol. The summed E-state index contributed by atoms with van der Waals surface area (Å²) in [5.41, 5.74) is 0.143. The van der Waals surface area contributed by atoms with E-state index in [2.05, 4.69) is 0 Å². The van der Waals surface area contributed by atoms with Crippen LogP contribution in [0.25, 0.3) is 0 Å². The summed E-state index contributed by atoms with van der Waals surface area (Å²) in [6.45, 7) is 5.29. The molecule has 0 radical (unpaired) electrons. The second-order valence-electron chi connectivity index (χ2n) is 4.27. The smallest absolute Gasteiger partial charge is 0.253 e. The predicted octanol–water partition coefficient (Wildman–Crippen LogP) is 1.93. The van der Waals surface area contributed by atoms with Gasteiger partial charge in [-0.15, -0.1) is 0 Å². The molecule has 0 saturated carbocycles. The van der Waals surface area contributed by atoms with Crippen LogP contribution < -0.4 is 0 Å². The standard InChI is InChI=1S/C9H13NO3/c1-6-7(10(12)13)4-9(2,3)5-8(6)11/h4-5H2,1-3H3. The lowest BCUT2D eigenvalue weighted by atomic mass is 9.76. The summed E-state index contributed by atoms with van der Waals surface area (Å²) in [5.74, 6) is -0.0945. The van der Waals surface area contributed by atoms with Gasteiger partial charge in [-0.2, -0.15) is 0 Å². The largest absolute Gasteiger partial charge is 0.294 e. The van der Waals surface area contributed by atoms with Crippen LogP contribution in [0.3, 0.4) is 0 Å². The van der Waals surface area contributed by atoms with Crippen molar-refractivity contribution in [3.05, 3.63) is 21.4 Å². The third kappa shape index (κ3) is 1.94. The average Bonchev–Trinajstić information content (AvgIpc) is 1.95. The van der Waals surface area contributed by atoms with Crippen molar-refractivity contribution in [2.24, 2.45) is 5.41 Å². The monoisotopic (exact) mass is 183 g/mol. The molecule has 0 N–H and O–H groups in total. The molecule has 0 atom stereocenters. The summed E-state index contributed by atoms with van der Waals surface area (Å²) in [6, 6.07) is 0. The molecule has 0 aromatic rings. The maximum Gasteiger partial charge on any atom is 0.253 e. The topological polar surface area (TPSA) is 60.2 Å². The zero-order chi connectivity index (χ0) is 10.2. The van der Waals surface area contributed by atoms with E-state index in [1.807, 2.05) is 13.8 Å². The molecule has 1 aliphatic rings. The Kier molecular flexibility index (Phi) is 2.24. The third-order valence-electron chi connectivity index (χ3n) is 2.36. The van der Waals surface area contributed by atoms with Crippen LogP contribution in [0, 0.1) is 15.5 Å². The summed E-state index contributed by atoms with van der Waals surface area (Å²) in [7, 11) is 0. The van der Waals surface area contributed by atoms with E-state index in [9.17, 15) is 14.9 Å². The highest BCUT2D eigenvalue weighted by molar-refractivity contribution is 5.96. The summed E-state index contributed by atoms with van der Waals surface area (Å²) < 4.78 is 0. The Labute approximate surface area is 76.8 Å². The van der Waals surface area contributed by atoms with E-state index >= 15 is 0 Å². The van der Waals surface area contributed by atoms with Crippen molar-refractivity contribution in [3.8, 4) is 0 Å². The second-order valence-corrected chi connectivity index (χ2v) is 4.27. The number of rotatable bonds is 1. The van der Waals surface area contributed by atoms with Gasteiger partial charge in [0.1, 0.15) is 0 Å². The van der Waals surface area contributed by atoms with Gasteiger partial charge in [-0.25, -0.2) is 0 Å². The molecule has 0 aliphatic heterocycles. The lowest BCUT2D eigenvalue weighted by molar-refractivity contribution is -0.431. The number of carbonyl (C=O) groups is 1. The number of nitrogens with zero attached hydrogens (tertiary/aromatic N) is 1. The van der Waals surface area contributed by atoms with Crippen LogP contribution in [0.5, 0.6) is 0 Å². The molecule has 4 nitrogen and oxygen atoms in total. The van der Waals surface area contributed by atoms with Crippen molar-refractivity contribution in [2.45, 2.75) is 33.6 Å². The van der Waals surface area contributed by atoms with Gasteiger partial charge < -0.3 is 0 Å². The fourth-order valence-corrected chi connectivity index (χ4v) is 1.58. The first kappa shape index (κ1) is 9.89. The van der Waals surface area contributed by atoms with E-state index in [-0.39, 0.29) is 16.9 Å². The van der Waals surface area contributed by atoms with Crippen molar-refractivity contribution in [2.75, 3.05) is 0 Å². The maximum absolute atomic E-state index is 11.4. The van der Waals surface area contributed by atoms with Gasteiger partial charge in [0.2, 0.25) is 0 Å². The number of hydrogen-bond acceptors (Lipinski definition) is 3. The maximum atomic E-state index is 11.4. The summed E-state index contributed by atoms with van der Waals surface area (Å²) in [6.07, 6.45) is 0.799. The first-order valence-electron chi connectivity index (χ1n) is 4.21. The van der Waals surface area contributed by atoms with Crippen LogP contribution in [-0.2, 0) is 4.79 Å². The zero-order valence-electron chi connectivity index (χ0n) is 8.09. The van der Waals surface area contributed by atoms with Gasteiger partial charge in [-0.3, -0.25) is 14.9 Å². The van der Waals surface area contributed by atoms with Crippen molar-refractivity contribution < 1.29 is 9.72 Å². The summed E-state index contributed by atoms with van der Waals surface area (Å²) in [5, 5.41) is 10.6. The normalized spacial score (nSPS) is 21.9. The molecule has 1 aliphatic carbocycles. The van der Waals surface area contributed by atoms with Gasteiger partial charge in [0, 0.05) is 12.8 Å². The molecule has 4 heteroatoms. The Morgan fingerprint density at radius 3 is 2.38 bits per heavy atom. The van der Waals surface area contributed by atoms with E-state index in [0.29, 0.717) is 18.4 Å². The molecule has 0 aromatic heterocycles. The van der Waals surface area contributed by atoms with Crippen molar-refractivity contribution in [1.82, 2.24) is 0 Å². The van der Waals surface area contributed by atoms with Gasteiger partial charge in [0.05, 0.1) is 10.5 Å². The number of nitro groups is 1. The highest BCUT2D eigenvalue weighted by Gasteiger charge is 2.36. The molecule has 0 spiro atoms. The minimum absolute atomic E-state index is 0.0845. The van der Waals surface area contributed by atoms with Crippen LogP contribution in [0.4, 0.5) is 0 Å². The second kappa shape index (κ2) is 2.94. The molecular formula is C9H13NO3. The van der Waals surface area contributed by atoms with E-state index in [0.717, 1.165) is 0 Å². The lowest BCUT2D eigenvalue weighted by Crippen LogP contribution is -2.27. The van der Waals surface area contributed by atoms with Crippen molar-refractivity contribution >= 4 is 5.78 Å². The minimum Gasteiger partial charge on any atom is -0.294 e. The molecule has 0 aromatic carbocycles. The Morgan fingerprint density at radius 2 is 1.92 bits per heavy atom. The molecule has 0 heterocycles. The number of hydrogen-bond donors (Lipinski definition) is 0. The Balaban J connectivity index is 3.10. The lowest BCUT2D eigenvalue weighted by Gasteiger charge is -2.26. The van der Waals surface area contributed by atoms with Crippen molar-refractivity contribution in [1.29, 1.82) is 0 Å². The predicted molar refractivity (Wildman–Crippen MR) is 47.7 cm³/mol. The van der Waals surface area contributed by atoms with Crippen molar-refractivity contribution in [3.63, 3.8) is 0 Å². The van der Waals surface area contributed by atoms with E-state index in [1.54, 1.807) is 0 Å². The van der Waals surface area contributed by atoms with Gasteiger partial charge in [0.15, 0.2) is 5.78 Å². The SMILES string of the molecule is CC1=C([N+](=O)[O-])CC(C)(C)CC1=O. The molecule has 0 saturated heterocycles. The Morgan fingerprint density at radius 1 is 1.38 bits per heavy atom. The quantitative estimate of drug-likeness (QED) is 0.461. The fourth-order valence-electron chi connectivity index (χ4n) is 1.58. The molecule has 0 amide bonds. The van der Waals surface area contributed by atoms with Gasteiger partial charge in [-0.1, -0.05) is 13.8 Å². The van der Waals surface area contributed by atoms with Gasteiger partial charge >= 0.3 is 0 Å². The minimum atomic E-state index is -0.436. The van der Waals surface area contributed by atoms with Crippen LogP contribution >= 0.6 is 0 Å². The summed E-state index contributed by atoms with van der Waals surface area (Å²) >= 11 is 0. The third-order valence-corrected chi connectivity index (χ3v) is 2.36. The van der Waals surface area contributed by atoms with Crippen LogP contribution in [-0.4, -0.2) is 10.7 Å². The van der Waals surface area contributed by atoms with Crippen LogP contribution in [0.15, 0.2) is 11.3 Å². The number of Topliss-reactive ketones (excluding diaryl/α,β-unsaturated/α-hetero) is 1. The number of carbonyl (C=O) groups excluding carboxylic acids is 1. The molecular weight excluding hydrogens is 170 g/mol. The zero-order valence-corrected chi connectivity index (χ0v) is 8.09. The first-order chi connectivity index (χ1) is 5.83. The van der Waals surface area contributed by atoms with E-state index in [1.165, 1.54) is 6.92 Å². The molecule has 0 fully saturated rings. The molecule has 0 bridgehead atoms. The van der Waals surface area contributed by atoms with Gasteiger partial charge in [-0.05, 0) is 12.3 Å². The summed E-state index contributed by atoms with van der Waals surface area (Å²) in [4.78, 5) is 21.5. The Hall–Kier alpha value is -1.19. The van der Waals surface area contributed by atoms with E-state index in [4.69, 9.17) is 0 Å². The fraction of sp³-hybridized carbons (Fsp3) is 0.667. The first-order valence-corrected chi connectivity index (χ1v) is 4.21. The van der Waals surface area contributed by atoms with E-state index < -0.39 is 4.92 Å². The number of ketones is 1. The molecule has 0 unspecified atom stereocenters. The Bertz CT molecular complexity index is 302. The highest BCUT2D eigenvalue weighted by Crippen LogP contribution is 2.36. The molecule has 72 valence electrons. The van der Waals surface area contributed by atoms with Crippen LogP contribution in [0.2, 0.25) is 0 Å². The molecule has 13 heavy (non-hydrogen) atoms. The van der Waals surface area contributed by atoms with Gasteiger partial charge in [0.25, 0.3) is 5.70 Å². The van der Waals surface area contributed by atoms with Crippen LogP contribution in [0.1, 0.15) is 33.6 Å². The number of allylic oxidation sites excluding steroid dienone is 2.